The Morgan fingerprint density at radius 1 is 1.40 bits per heavy atom. The van der Waals surface area contributed by atoms with Crippen LogP contribution in [0.5, 0.6) is 0 Å². The molecule has 4 heteroatoms. The molecule has 2 N–H and O–H groups in total. The van der Waals surface area contributed by atoms with Gasteiger partial charge in [-0.2, -0.15) is 0 Å². The van der Waals surface area contributed by atoms with Gasteiger partial charge in [-0.05, 0) is 26.0 Å². The highest BCUT2D eigenvalue weighted by Crippen LogP contribution is 2.06. The average molecular weight is 207 g/mol. The maximum Gasteiger partial charge on any atom is 0.338 e. The second kappa shape index (κ2) is 4.59. The van der Waals surface area contributed by atoms with Crippen LogP contribution in [0.4, 0.5) is 0 Å². The van der Waals surface area contributed by atoms with E-state index in [9.17, 15) is 9.59 Å². The molecule has 1 rings (SSSR count). The number of aryl methyl sites for hydroxylation is 1. The van der Waals surface area contributed by atoms with E-state index in [0.29, 0.717) is 5.56 Å². The molecule has 1 atom stereocenters. The molecule has 0 fully saturated rings. The van der Waals surface area contributed by atoms with Crippen molar-refractivity contribution in [1.29, 1.82) is 0 Å². The number of primary amides is 1. The van der Waals surface area contributed by atoms with E-state index in [1.54, 1.807) is 18.2 Å². The number of amides is 1. The van der Waals surface area contributed by atoms with Gasteiger partial charge in [0.1, 0.15) is 0 Å². The largest absolute Gasteiger partial charge is 0.449 e. The zero-order chi connectivity index (χ0) is 11.4. The highest BCUT2D eigenvalue weighted by molar-refractivity contribution is 5.92. The van der Waals surface area contributed by atoms with Gasteiger partial charge in [0.05, 0.1) is 5.56 Å². The van der Waals surface area contributed by atoms with Crippen LogP contribution < -0.4 is 5.73 Å². The fraction of sp³-hybridized carbons (Fsp3) is 0.273. The Morgan fingerprint density at radius 3 is 2.60 bits per heavy atom. The van der Waals surface area contributed by atoms with Crippen molar-refractivity contribution in [3.8, 4) is 0 Å². The number of benzene rings is 1. The van der Waals surface area contributed by atoms with E-state index in [1.165, 1.54) is 6.92 Å². The smallest absolute Gasteiger partial charge is 0.338 e. The number of esters is 1. The first-order chi connectivity index (χ1) is 7.00. The van der Waals surface area contributed by atoms with Crippen LogP contribution in [0.2, 0.25) is 0 Å². The van der Waals surface area contributed by atoms with Crippen molar-refractivity contribution in [3.63, 3.8) is 0 Å². The Hall–Kier alpha value is -1.84. The van der Waals surface area contributed by atoms with Crippen LogP contribution in [-0.2, 0) is 9.53 Å². The summed E-state index contributed by atoms with van der Waals surface area (Å²) in [6.45, 7) is 3.31. The molecule has 0 aliphatic heterocycles. The van der Waals surface area contributed by atoms with Gasteiger partial charge in [0.15, 0.2) is 6.10 Å². The van der Waals surface area contributed by atoms with E-state index < -0.39 is 18.0 Å². The maximum absolute atomic E-state index is 11.5. The van der Waals surface area contributed by atoms with Crippen LogP contribution in [0.3, 0.4) is 0 Å². The van der Waals surface area contributed by atoms with E-state index in [0.717, 1.165) is 5.56 Å². The van der Waals surface area contributed by atoms with Crippen LogP contribution >= 0.6 is 0 Å². The first kappa shape index (κ1) is 11.2. The molecule has 80 valence electrons. The number of nitrogens with two attached hydrogens (primary N) is 1. The lowest BCUT2D eigenvalue weighted by atomic mass is 10.1. The minimum absolute atomic E-state index is 0.420. The van der Waals surface area contributed by atoms with Gasteiger partial charge in [0, 0.05) is 0 Å². The van der Waals surface area contributed by atoms with Gasteiger partial charge in [0.25, 0.3) is 5.91 Å². The van der Waals surface area contributed by atoms with E-state index in [-0.39, 0.29) is 0 Å². The monoisotopic (exact) mass is 207 g/mol. The highest BCUT2D eigenvalue weighted by Gasteiger charge is 2.15. The Bertz CT molecular complexity index is 387. The molecule has 1 amide bonds. The van der Waals surface area contributed by atoms with Crippen molar-refractivity contribution in [1.82, 2.24) is 0 Å². The minimum Gasteiger partial charge on any atom is -0.449 e. The molecule has 4 nitrogen and oxygen atoms in total. The van der Waals surface area contributed by atoms with E-state index >= 15 is 0 Å². The molecular formula is C11H13NO3. The fourth-order valence-corrected chi connectivity index (χ4v) is 1.06. The standard InChI is InChI=1S/C11H13NO3/c1-7-4-3-5-9(6-7)11(14)15-8(2)10(12)13/h3-6,8H,1-2H3,(H2,12,13). The Kier molecular flexibility index (Phi) is 3.44. The van der Waals surface area contributed by atoms with Gasteiger partial charge >= 0.3 is 5.97 Å². The van der Waals surface area contributed by atoms with E-state index in [1.807, 2.05) is 13.0 Å². The first-order valence-corrected chi connectivity index (χ1v) is 4.57. The molecule has 0 aliphatic carbocycles. The zero-order valence-electron chi connectivity index (χ0n) is 8.69. The van der Waals surface area contributed by atoms with Crippen LogP contribution in [-0.4, -0.2) is 18.0 Å². The molecule has 15 heavy (non-hydrogen) atoms. The summed E-state index contributed by atoms with van der Waals surface area (Å²) in [5.74, 6) is -1.19. The quantitative estimate of drug-likeness (QED) is 0.752. The van der Waals surface area contributed by atoms with Crippen molar-refractivity contribution in [2.75, 3.05) is 0 Å². The lowest BCUT2D eigenvalue weighted by Crippen LogP contribution is -2.30. The van der Waals surface area contributed by atoms with Crippen molar-refractivity contribution < 1.29 is 14.3 Å². The van der Waals surface area contributed by atoms with Crippen molar-refractivity contribution in [2.45, 2.75) is 20.0 Å². The maximum atomic E-state index is 11.5. The minimum atomic E-state index is -0.905. The fourth-order valence-electron chi connectivity index (χ4n) is 1.06. The predicted molar refractivity (Wildman–Crippen MR) is 55.3 cm³/mol. The van der Waals surface area contributed by atoms with Crippen LogP contribution in [0, 0.1) is 6.92 Å². The van der Waals surface area contributed by atoms with Crippen molar-refractivity contribution in [2.24, 2.45) is 5.73 Å². The van der Waals surface area contributed by atoms with Crippen molar-refractivity contribution in [3.05, 3.63) is 35.4 Å². The summed E-state index contributed by atoms with van der Waals surface area (Å²) in [4.78, 5) is 22.2. The average Bonchev–Trinajstić information content (AvgIpc) is 2.17. The highest BCUT2D eigenvalue weighted by atomic mass is 16.5. The summed E-state index contributed by atoms with van der Waals surface area (Å²) in [5, 5.41) is 0. The SMILES string of the molecule is Cc1cccc(C(=O)OC(C)C(N)=O)c1. The molecule has 0 spiro atoms. The summed E-state index contributed by atoms with van der Waals surface area (Å²) in [7, 11) is 0. The summed E-state index contributed by atoms with van der Waals surface area (Å²) in [6.07, 6.45) is -0.905. The number of hydrogen-bond donors (Lipinski definition) is 1. The third-order valence-electron chi connectivity index (χ3n) is 1.94. The summed E-state index contributed by atoms with van der Waals surface area (Å²) in [5.41, 5.74) is 6.35. The molecule has 1 unspecified atom stereocenters. The topological polar surface area (TPSA) is 69.4 Å². The molecule has 1 aromatic rings. The molecule has 0 saturated carbocycles. The van der Waals surface area contributed by atoms with Crippen LogP contribution in [0.15, 0.2) is 24.3 Å². The number of carbonyl (C=O) groups excluding carboxylic acids is 2. The summed E-state index contributed by atoms with van der Waals surface area (Å²) in [6, 6.07) is 6.94. The summed E-state index contributed by atoms with van der Waals surface area (Å²) < 4.78 is 4.84. The molecule has 0 radical (unpaired) electrons. The molecule has 0 bridgehead atoms. The lowest BCUT2D eigenvalue weighted by molar-refractivity contribution is -0.125. The van der Waals surface area contributed by atoms with Gasteiger partial charge in [-0.1, -0.05) is 17.7 Å². The normalized spacial score (nSPS) is 11.9. The predicted octanol–water partition coefficient (Wildman–Crippen LogP) is 1.03. The third-order valence-corrected chi connectivity index (χ3v) is 1.94. The van der Waals surface area contributed by atoms with Gasteiger partial charge in [-0.15, -0.1) is 0 Å². The second-order valence-electron chi connectivity index (χ2n) is 3.32. The molecule has 1 aromatic carbocycles. The van der Waals surface area contributed by atoms with Gasteiger partial charge in [0.2, 0.25) is 0 Å². The number of hydrogen-bond acceptors (Lipinski definition) is 3. The molecule has 0 aliphatic rings. The second-order valence-corrected chi connectivity index (χ2v) is 3.32. The Morgan fingerprint density at radius 2 is 2.07 bits per heavy atom. The molecular weight excluding hydrogens is 194 g/mol. The van der Waals surface area contributed by atoms with E-state index in [2.05, 4.69) is 0 Å². The van der Waals surface area contributed by atoms with Crippen LogP contribution in [0.1, 0.15) is 22.8 Å². The Labute approximate surface area is 88.0 Å². The number of carbonyl (C=O) groups is 2. The molecule has 0 aromatic heterocycles. The number of ether oxygens (including phenoxy) is 1. The van der Waals surface area contributed by atoms with Gasteiger partial charge < -0.3 is 10.5 Å². The number of rotatable bonds is 3. The molecule has 0 heterocycles. The Balaban J connectivity index is 2.73. The first-order valence-electron chi connectivity index (χ1n) is 4.57. The zero-order valence-corrected chi connectivity index (χ0v) is 8.69. The third kappa shape index (κ3) is 3.09. The molecule has 0 saturated heterocycles. The summed E-state index contributed by atoms with van der Waals surface area (Å²) >= 11 is 0. The van der Waals surface area contributed by atoms with E-state index in [4.69, 9.17) is 10.5 Å². The van der Waals surface area contributed by atoms with Crippen molar-refractivity contribution >= 4 is 11.9 Å². The lowest BCUT2D eigenvalue weighted by Gasteiger charge is -2.09. The van der Waals surface area contributed by atoms with Gasteiger partial charge in [-0.25, -0.2) is 4.79 Å². The van der Waals surface area contributed by atoms with Crippen LogP contribution in [0.25, 0.3) is 0 Å². The van der Waals surface area contributed by atoms with Gasteiger partial charge in [-0.3, -0.25) is 4.79 Å².